The summed E-state index contributed by atoms with van der Waals surface area (Å²) in [6.07, 6.45) is 5.18. The van der Waals surface area contributed by atoms with E-state index in [9.17, 15) is 10.2 Å². The Morgan fingerprint density at radius 2 is 2.16 bits per heavy atom. The molecular weight excluding hydrogens is 262 g/mol. The van der Waals surface area contributed by atoms with Crippen LogP contribution < -0.4 is 5.32 Å². The van der Waals surface area contributed by atoms with E-state index in [0.29, 0.717) is 6.04 Å². The number of hydrogen-bond donors (Lipinski definition) is 3. The van der Waals surface area contributed by atoms with Gasteiger partial charge in [-0.2, -0.15) is 0 Å². The minimum absolute atomic E-state index is 0. The van der Waals surface area contributed by atoms with E-state index in [0.717, 1.165) is 18.4 Å². The van der Waals surface area contributed by atoms with Crippen LogP contribution in [0.25, 0.3) is 0 Å². The Morgan fingerprint density at radius 3 is 2.84 bits per heavy atom. The van der Waals surface area contributed by atoms with Crippen molar-refractivity contribution in [2.45, 2.75) is 57.2 Å². The summed E-state index contributed by atoms with van der Waals surface area (Å²) >= 11 is 0. The second-order valence-electron chi connectivity index (χ2n) is 5.23. The monoisotopic (exact) mass is 285 g/mol. The third kappa shape index (κ3) is 4.37. The van der Waals surface area contributed by atoms with Crippen molar-refractivity contribution in [3.05, 3.63) is 29.8 Å². The molecule has 0 amide bonds. The first-order valence-corrected chi connectivity index (χ1v) is 6.93. The molecule has 0 bridgehead atoms. The molecule has 0 radical (unpaired) electrons. The fourth-order valence-corrected chi connectivity index (χ4v) is 2.82. The molecule has 1 heterocycles. The maximum atomic E-state index is 10.4. The van der Waals surface area contributed by atoms with Gasteiger partial charge in [-0.1, -0.05) is 31.9 Å². The Morgan fingerprint density at radius 1 is 1.37 bits per heavy atom. The summed E-state index contributed by atoms with van der Waals surface area (Å²) < 4.78 is 0. The van der Waals surface area contributed by atoms with Gasteiger partial charge < -0.3 is 15.5 Å². The smallest absolute Gasteiger partial charge is 0.115 e. The SMILES string of the molecule is CCC[C@H]1CCC[C@@H](C(O)c2cccc(O)c2)N1.Cl. The highest BCUT2D eigenvalue weighted by Crippen LogP contribution is 2.27. The van der Waals surface area contributed by atoms with Crippen LogP contribution in [0.4, 0.5) is 0 Å². The maximum absolute atomic E-state index is 10.4. The lowest BCUT2D eigenvalue weighted by Gasteiger charge is -2.34. The van der Waals surface area contributed by atoms with E-state index in [1.165, 1.54) is 19.3 Å². The fourth-order valence-electron chi connectivity index (χ4n) is 2.82. The molecule has 1 aliphatic heterocycles. The average Bonchev–Trinajstić information content (AvgIpc) is 2.39. The molecule has 2 rings (SSSR count). The summed E-state index contributed by atoms with van der Waals surface area (Å²) in [5, 5.41) is 23.4. The summed E-state index contributed by atoms with van der Waals surface area (Å²) in [7, 11) is 0. The van der Waals surface area contributed by atoms with Crippen LogP contribution in [0, 0.1) is 0 Å². The number of rotatable bonds is 4. The summed E-state index contributed by atoms with van der Waals surface area (Å²) in [4.78, 5) is 0. The predicted octanol–water partition coefficient (Wildman–Crippen LogP) is 3.16. The molecule has 19 heavy (non-hydrogen) atoms. The number of phenolic OH excluding ortho intramolecular Hbond substituents is 1. The van der Waals surface area contributed by atoms with Crippen LogP contribution in [0.2, 0.25) is 0 Å². The van der Waals surface area contributed by atoms with Crippen molar-refractivity contribution < 1.29 is 10.2 Å². The van der Waals surface area contributed by atoms with Crippen LogP contribution in [0.1, 0.15) is 50.7 Å². The van der Waals surface area contributed by atoms with E-state index in [-0.39, 0.29) is 24.2 Å². The summed E-state index contributed by atoms with van der Waals surface area (Å²) in [5.74, 6) is 0.215. The Kier molecular flexibility index (Phi) is 6.63. The van der Waals surface area contributed by atoms with Gasteiger partial charge in [0.1, 0.15) is 5.75 Å². The van der Waals surface area contributed by atoms with Crippen molar-refractivity contribution in [1.29, 1.82) is 0 Å². The zero-order valence-corrected chi connectivity index (χ0v) is 12.2. The number of phenols is 1. The van der Waals surface area contributed by atoms with Crippen LogP contribution in [0.5, 0.6) is 5.75 Å². The molecule has 1 fully saturated rings. The van der Waals surface area contributed by atoms with Gasteiger partial charge in [-0.3, -0.25) is 0 Å². The number of hydrogen-bond acceptors (Lipinski definition) is 3. The molecule has 4 heteroatoms. The topological polar surface area (TPSA) is 52.5 Å². The largest absolute Gasteiger partial charge is 0.508 e. The summed E-state index contributed by atoms with van der Waals surface area (Å²) in [6.45, 7) is 2.19. The molecule has 1 saturated heterocycles. The molecule has 1 unspecified atom stereocenters. The number of halogens is 1. The number of piperidine rings is 1. The van der Waals surface area contributed by atoms with Gasteiger partial charge in [0.05, 0.1) is 6.10 Å². The zero-order valence-electron chi connectivity index (χ0n) is 11.4. The lowest BCUT2D eigenvalue weighted by atomic mass is 9.90. The van der Waals surface area contributed by atoms with Gasteiger partial charge in [-0.05, 0) is 37.0 Å². The molecule has 0 spiro atoms. The first-order chi connectivity index (χ1) is 8.70. The minimum atomic E-state index is -0.531. The van der Waals surface area contributed by atoms with Crippen LogP contribution in [0.15, 0.2) is 24.3 Å². The van der Waals surface area contributed by atoms with Gasteiger partial charge in [0.2, 0.25) is 0 Å². The molecule has 1 aromatic rings. The standard InChI is InChI=1S/C15H23NO2.ClH/c1-2-5-12-7-4-9-14(16-12)15(18)11-6-3-8-13(17)10-11;/h3,6,8,10,12,14-18H,2,4-5,7,9H2,1H3;1H/t12-,14-,15?;/m0./s1. The molecule has 0 saturated carbocycles. The highest BCUT2D eigenvalue weighted by Gasteiger charge is 2.27. The molecule has 3 N–H and O–H groups in total. The summed E-state index contributed by atoms with van der Waals surface area (Å²) in [5.41, 5.74) is 0.796. The van der Waals surface area contributed by atoms with Crippen molar-refractivity contribution in [2.24, 2.45) is 0 Å². The van der Waals surface area contributed by atoms with Crippen molar-refractivity contribution in [3.8, 4) is 5.75 Å². The van der Waals surface area contributed by atoms with E-state index in [1.807, 2.05) is 6.07 Å². The number of aliphatic hydroxyl groups is 1. The number of benzene rings is 1. The van der Waals surface area contributed by atoms with Gasteiger partial charge in [0.25, 0.3) is 0 Å². The second-order valence-corrected chi connectivity index (χ2v) is 5.23. The van der Waals surface area contributed by atoms with Gasteiger partial charge in [0.15, 0.2) is 0 Å². The molecule has 0 aliphatic carbocycles. The lowest BCUT2D eigenvalue weighted by Crippen LogP contribution is -2.45. The predicted molar refractivity (Wildman–Crippen MR) is 79.8 cm³/mol. The van der Waals surface area contributed by atoms with Crippen molar-refractivity contribution in [2.75, 3.05) is 0 Å². The van der Waals surface area contributed by atoms with Gasteiger partial charge in [-0.25, -0.2) is 0 Å². The first kappa shape index (κ1) is 16.3. The molecule has 3 atom stereocenters. The van der Waals surface area contributed by atoms with Gasteiger partial charge in [-0.15, -0.1) is 12.4 Å². The van der Waals surface area contributed by atoms with Crippen LogP contribution in [-0.2, 0) is 0 Å². The highest BCUT2D eigenvalue weighted by atomic mass is 35.5. The Balaban J connectivity index is 0.00000180. The average molecular weight is 286 g/mol. The van der Waals surface area contributed by atoms with Crippen molar-refractivity contribution >= 4 is 12.4 Å². The number of nitrogens with one attached hydrogen (secondary N) is 1. The Bertz CT molecular complexity index is 384. The molecular formula is C15H24ClNO2. The molecule has 1 aromatic carbocycles. The molecule has 1 aliphatic rings. The normalized spacial score (nSPS) is 24.5. The van der Waals surface area contributed by atoms with Gasteiger partial charge in [0, 0.05) is 12.1 Å². The van der Waals surface area contributed by atoms with Gasteiger partial charge >= 0.3 is 0 Å². The third-order valence-corrected chi connectivity index (χ3v) is 3.75. The number of aromatic hydroxyl groups is 1. The van der Waals surface area contributed by atoms with E-state index in [2.05, 4.69) is 12.2 Å². The maximum Gasteiger partial charge on any atom is 0.115 e. The second kappa shape index (κ2) is 7.73. The number of aliphatic hydroxyl groups excluding tert-OH is 1. The minimum Gasteiger partial charge on any atom is -0.508 e. The van der Waals surface area contributed by atoms with Crippen LogP contribution in [0.3, 0.4) is 0 Å². The van der Waals surface area contributed by atoms with E-state index in [4.69, 9.17) is 0 Å². The van der Waals surface area contributed by atoms with Crippen LogP contribution >= 0.6 is 12.4 Å². The van der Waals surface area contributed by atoms with Crippen LogP contribution in [-0.4, -0.2) is 22.3 Å². The molecule has 3 nitrogen and oxygen atoms in total. The highest BCUT2D eigenvalue weighted by molar-refractivity contribution is 5.85. The zero-order chi connectivity index (χ0) is 13.0. The van der Waals surface area contributed by atoms with E-state index in [1.54, 1.807) is 18.2 Å². The first-order valence-electron chi connectivity index (χ1n) is 6.93. The Hall–Kier alpha value is -0.770. The lowest BCUT2D eigenvalue weighted by molar-refractivity contribution is 0.0996. The van der Waals surface area contributed by atoms with E-state index < -0.39 is 6.10 Å². The van der Waals surface area contributed by atoms with Crippen molar-refractivity contribution in [1.82, 2.24) is 5.32 Å². The third-order valence-electron chi connectivity index (χ3n) is 3.75. The van der Waals surface area contributed by atoms with E-state index >= 15 is 0 Å². The molecule has 108 valence electrons. The summed E-state index contributed by atoms with van der Waals surface area (Å²) in [6, 6.07) is 7.56. The quantitative estimate of drug-likeness (QED) is 0.796. The van der Waals surface area contributed by atoms with Crippen molar-refractivity contribution in [3.63, 3.8) is 0 Å². The fraction of sp³-hybridized carbons (Fsp3) is 0.600. The molecule has 0 aromatic heterocycles. The Labute approximate surface area is 121 Å².